The van der Waals surface area contributed by atoms with E-state index in [9.17, 15) is 0 Å². The maximum atomic E-state index is 8.62. The van der Waals surface area contributed by atoms with Crippen molar-refractivity contribution in [3.8, 4) is 5.75 Å². The highest BCUT2D eigenvalue weighted by Crippen LogP contribution is 2.27. The molecule has 0 saturated carbocycles. The average molecular weight is 244 g/mol. The first-order chi connectivity index (χ1) is 7.65. The quantitative estimate of drug-likeness (QED) is 0.755. The number of hydrogen-bond donors (Lipinski definition) is 2. The molecular weight excluding hydrogens is 226 g/mol. The highest BCUT2D eigenvalue weighted by molar-refractivity contribution is 6.32. The minimum absolute atomic E-state index is 0.0269. The maximum Gasteiger partial charge on any atom is 0.137 e. The molecule has 0 fully saturated rings. The molecule has 1 atom stereocenters. The normalized spacial score (nSPS) is 12.5. The lowest BCUT2D eigenvalue weighted by molar-refractivity contribution is 0.253. The van der Waals surface area contributed by atoms with Gasteiger partial charge in [0, 0.05) is 12.6 Å². The molecule has 90 valence electrons. The van der Waals surface area contributed by atoms with Crippen LogP contribution >= 0.6 is 11.6 Å². The Bertz CT molecular complexity index is 329. The van der Waals surface area contributed by atoms with Crippen molar-refractivity contribution < 1.29 is 9.84 Å². The summed E-state index contributed by atoms with van der Waals surface area (Å²) in [5.41, 5.74) is 6.74. The summed E-state index contributed by atoms with van der Waals surface area (Å²) >= 11 is 6.06. The molecular formula is C12H18ClNO2. The second-order valence-electron chi connectivity index (χ2n) is 3.76. The zero-order valence-electron chi connectivity index (χ0n) is 9.45. The molecule has 0 aromatic heterocycles. The molecule has 0 aliphatic heterocycles. The Kier molecular flexibility index (Phi) is 5.60. The predicted octanol–water partition coefficient (Wildman–Crippen LogP) is 2.51. The van der Waals surface area contributed by atoms with Gasteiger partial charge in [0.1, 0.15) is 5.75 Å². The molecule has 0 spiro atoms. The molecule has 16 heavy (non-hydrogen) atoms. The Morgan fingerprint density at radius 1 is 1.44 bits per heavy atom. The van der Waals surface area contributed by atoms with E-state index in [4.69, 9.17) is 27.2 Å². The predicted molar refractivity (Wildman–Crippen MR) is 65.9 cm³/mol. The minimum atomic E-state index is -0.0269. The number of benzene rings is 1. The van der Waals surface area contributed by atoms with Crippen molar-refractivity contribution in [2.24, 2.45) is 5.73 Å². The van der Waals surface area contributed by atoms with Gasteiger partial charge in [0.05, 0.1) is 11.6 Å². The van der Waals surface area contributed by atoms with Gasteiger partial charge in [-0.05, 0) is 37.5 Å². The fraction of sp³-hybridized carbons (Fsp3) is 0.500. The molecule has 1 rings (SSSR count). The number of nitrogens with two attached hydrogens (primary N) is 1. The smallest absolute Gasteiger partial charge is 0.137 e. The summed E-state index contributed by atoms with van der Waals surface area (Å²) in [5, 5.41) is 9.20. The van der Waals surface area contributed by atoms with Gasteiger partial charge in [0.2, 0.25) is 0 Å². The van der Waals surface area contributed by atoms with E-state index in [0.29, 0.717) is 17.4 Å². The minimum Gasteiger partial charge on any atom is -0.492 e. The van der Waals surface area contributed by atoms with Gasteiger partial charge in [-0.3, -0.25) is 0 Å². The Balaban J connectivity index is 2.54. The summed E-state index contributed by atoms with van der Waals surface area (Å²) in [4.78, 5) is 0. The highest BCUT2D eigenvalue weighted by atomic mass is 35.5. The maximum absolute atomic E-state index is 8.62. The van der Waals surface area contributed by atoms with E-state index < -0.39 is 0 Å². The Labute approximate surface area is 101 Å². The molecule has 3 nitrogen and oxygen atoms in total. The molecule has 0 heterocycles. The van der Waals surface area contributed by atoms with Crippen molar-refractivity contribution in [3.63, 3.8) is 0 Å². The summed E-state index contributed by atoms with van der Waals surface area (Å²) < 4.78 is 5.49. The summed E-state index contributed by atoms with van der Waals surface area (Å²) in [5.74, 6) is 0.670. The molecule has 0 aliphatic rings. The molecule has 1 aromatic rings. The fourth-order valence-corrected chi connectivity index (χ4v) is 1.56. The van der Waals surface area contributed by atoms with Crippen LogP contribution in [0.1, 0.15) is 31.4 Å². The number of rotatable bonds is 6. The molecule has 0 aliphatic carbocycles. The average Bonchev–Trinajstić information content (AvgIpc) is 2.26. The van der Waals surface area contributed by atoms with E-state index in [2.05, 4.69) is 0 Å². The Morgan fingerprint density at radius 2 is 2.19 bits per heavy atom. The van der Waals surface area contributed by atoms with Crippen molar-refractivity contribution >= 4 is 11.6 Å². The van der Waals surface area contributed by atoms with E-state index in [1.54, 1.807) is 0 Å². The Hall–Kier alpha value is -0.770. The highest BCUT2D eigenvalue weighted by Gasteiger charge is 2.05. The monoisotopic (exact) mass is 243 g/mol. The lowest BCUT2D eigenvalue weighted by Gasteiger charge is -2.10. The zero-order chi connectivity index (χ0) is 12.0. The van der Waals surface area contributed by atoms with Gasteiger partial charge in [-0.2, -0.15) is 0 Å². The second-order valence-corrected chi connectivity index (χ2v) is 4.16. The van der Waals surface area contributed by atoms with E-state index in [1.165, 1.54) is 0 Å². The number of ether oxygens (including phenoxy) is 1. The van der Waals surface area contributed by atoms with Gasteiger partial charge in [0.15, 0.2) is 0 Å². The molecule has 0 bridgehead atoms. The summed E-state index contributed by atoms with van der Waals surface area (Å²) in [6.45, 7) is 2.67. The van der Waals surface area contributed by atoms with Gasteiger partial charge >= 0.3 is 0 Å². The molecule has 0 radical (unpaired) electrons. The van der Waals surface area contributed by atoms with Crippen LogP contribution in [0, 0.1) is 0 Å². The van der Waals surface area contributed by atoms with E-state index >= 15 is 0 Å². The fourth-order valence-electron chi connectivity index (χ4n) is 1.31. The van der Waals surface area contributed by atoms with Crippen LogP contribution in [0.4, 0.5) is 0 Å². The largest absolute Gasteiger partial charge is 0.492 e. The first-order valence-corrected chi connectivity index (χ1v) is 5.81. The Morgan fingerprint density at radius 3 is 2.75 bits per heavy atom. The van der Waals surface area contributed by atoms with E-state index in [1.807, 2.05) is 25.1 Å². The third-order valence-corrected chi connectivity index (χ3v) is 2.59. The van der Waals surface area contributed by atoms with Crippen LogP contribution in [0.3, 0.4) is 0 Å². The van der Waals surface area contributed by atoms with Crippen LogP contribution in [0.15, 0.2) is 18.2 Å². The number of aliphatic hydroxyl groups is 1. The lowest BCUT2D eigenvalue weighted by Crippen LogP contribution is -2.05. The molecule has 1 aromatic carbocycles. The van der Waals surface area contributed by atoms with Gasteiger partial charge < -0.3 is 15.6 Å². The van der Waals surface area contributed by atoms with Crippen LogP contribution in [0.25, 0.3) is 0 Å². The third kappa shape index (κ3) is 4.00. The van der Waals surface area contributed by atoms with Crippen molar-refractivity contribution in [2.75, 3.05) is 13.2 Å². The summed E-state index contributed by atoms with van der Waals surface area (Å²) in [6.07, 6.45) is 1.57. The van der Waals surface area contributed by atoms with Crippen molar-refractivity contribution in [1.82, 2.24) is 0 Å². The van der Waals surface area contributed by atoms with E-state index in [0.717, 1.165) is 18.4 Å². The molecule has 1 unspecified atom stereocenters. The number of aliphatic hydroxyl groups excluding tert-OH is 1. The third-order valence-electron chi connectivity index (χ3n) is 2.29. The van der Waals surface area contributed by atoms with Gasteiger partial charge in [0.25, 0.3) is 0 Å². The molecule has 4 heteroatoms. The van der Waals surface area contributed by atoms with Gasteiger partial charge in [-0.1, -0.05) is 17.7 Å². The van der Waals surface area contributed by atoms with Crippen LogP contribution in [-0.2, 0) is 0 Å². The van der Waals surface area contributed by atoms with Crippen molar-refractivity contribution in [1.29, 1.82) is 0 Å². The van der Waals surface area contributed by atoms with Crippen LogP contribution in [0.2, 0.25) is 5.02 Å². The summed E-state index contributed by atoms with van der Waals surface area (Å²) in [6, 6.07) is 5.55. The van der Waals surface area contributed by atoms with Crippen molar-refractivity contribution in [3.05, 3.63) is 28.8 Å². The zero-order valence-corrected chi connectivity index (χ0v) is 10.2. The standard InChI is InChI=1S/C12H18ClNO2/c1-9(14)10-4-5-12(11(13)8-10)16-7-3-2-6-15/h4-5,8-9,15H,2-3,6-7,14H2,1H3. The van der Waals surface area contributed by atoms with Crippen LogP contribution in [0.5, 0.6) is 5.75 Å². The van der Waals surface area contributed by atoms with Gasteiger partial charge in [-0.25, -0.2) is 0 Å². The first kappa shape index (κ1) is 13.3. The first-order valence-electron chi connectivity index (χ1n) is 5.44. The number of halogens is 1. The second kappa shape index (κ2) is 6.74. The number of unbranched alkanes of at least 4 members (excludes halogenated alkanes) is 1. The molecule has 3 N–H and O–H groups in total. The molecule has 0 amide bonds. The summed E-state index contributed by atoms with van der Waals surface area (Å²) in [7, 11) is 0. The van der Waals surface area contributed by atoms with E-state index in [-0.39, 0.29) is 12.6 Å². The van der Waals surface area contributed by atoms with Crippen LogP contribution < -0.4 is 10.5 Å². The van der Waals surface area contributed by atoms with Crippen LogP contribution in [-0.4, -0.2) is 18.3 Å². The van der Waals surface area contributed by atoms with Crippen molar-refractivity contribution in [2.45, 2.75) is 25.8 Å². The topological polar surface area (TPSA) is 55.5 Å². The van der Waals surface area contributed by atoms with Gasteiger partial charge in [-0.15, -0.1) is 0 Å². The number of hydrogen-bond acceptors (Lipinski definition) is 3. The SMILES string of the molecule is CC(N)c1ccc(OCCCCO)c(Cl)c1. The molecule has 0 saturated heterocycles. The lowest BCUT2D eigenvalue weighted by atomic mass is 10.1.